The number of carbonyl (C=O) groups is 2. The van der Waals surface area contributed by atoms with Crippen LogP contribution >= 0.6 is 0 Å². The Hall–Kier alpha value is -3.22. The standard InChI is InChI=1S/C21H25NO6/c1-5-25-18-12-15(13-19(26-6-2)20(18)27-7-3)21(24)28-17-10-8-16(9-11-17)22-14(4)23/h8-13H,5-7H2,1-4H3,(H,22,23). The zero-order chi connectivity index (χ0) is 20.5. The molecule has 2 aromatic carbocycles. The number of esters is 1. The van der Waals surface area contributed by atoms with Crippen molar-refractivity contribution in [3.63, 3.8) is 0 Å². The maximum absolute atomic E-state index is 12.6. The van der Waals surface area contributed by atoms with E-state index in [1.807, 2.05) is 20.8 Å². The number of carbonyl (C=O) groups excluding carboxylic acids is 2. The molecule has 7 heteroatoms. The molecule has 0 bridgehead atoms. The molecule has 0 saturated carbocycles. The molecule has 0 aliphatic heterocycles. The third kappa shape index (κ3) is 5.64. The van der Waals surface area contributed by atoms with Gasteiger partial charge in [-0.3, -0.25) is 4.79 Å². The molecule has 0 aliphatic rings. The first-order valence-corrected chi connectivity index (χ1v) is 9.14. The average molecular weight is 387 g/mol. The minimum absolute atomic E-state index is 0.175. The summed E-state index contributed by atoms with van der Waals surface area (Å²) < 4.78 is 22.3. The SMILES string of the molecule is CCOc1cc(C(=O)Oc2ccc(NC(C)=O)cc2)cc(OCC)c1OCC. The summed E-state index contributed by atoms with van der Waals surface area (Å²) in [5, 5.41) is 2.65. The number of nitrogens with one attached hydrogen (secondary N) is 1. The molecule has 150 valence electrons. The van der Waals surface area contributed by atoms with Gasteiger partial charge in [0, 0.05) is 12.6 Å². The molecule has 0 aromatic heterocycles. The number of rotatable bonds is 9. The van der Waals surface area contributed by atoms with Gasteiger partial charge in [0.25, 0.3) is 0 Å². The van der Waals surface area contributed by atoms with Gasteiger partial charge in [-0.05, 0) is 57.2 Å². The molecular formula is C21H25NO6. The van der Waals surface area contributed by atoms with Crippen LogP contribution in [0.5, 0.6) is 23.0 Å². The van der Waals surface area contributed by atoms with Gasteiger partial charge < -0.3 is 24.3 Å². The number of hydrogen-bond acceptors (Lipinski definition) is 6. The topological polar surface area (TPSA) is 83.1 Å². The van der Waals surface area contributed by atoms with E-state index in [1.165, 1.54) is 6.92 Å². The minimum atomic E-state index is -0.558. The van der Waals surface area contributed by atoms with Crippen LogP contribution in [0.15, 0.2) is 36.4 Å². The summed E-state index contributed by atoms with van der Waals surface area (Å²) in [5.74, 6) is 0.918. The van der Waals surface area contributed by atoms with Crippen molar-refractivity contribution < 1.29 is 28.5 Å². The lowest BCUT2D eigenvalue weighted by molar-refractivity contribution is -0.114. The summed E-state index contributed by atoms with van der Waals surface area (Å²) in [6, 6.07) is 9.66. The van der Waals surface area contributed by atoms with Crippen molar-refractivity contribution in [2.45, 2.75) is 27.7 Å². The molecule has 1 N–H and O–H groups in total. The second-order valence-corrected chi connectivity index (χ2v) is 5.70. The Labute approximate surface area is 164 Å². The quantitative estimate of drug-likeness (QED) is 0.516. The largest absolute Gasteiger partial charge is 0.490 e. The second-order valence-electron chi connectivity index (χ2n) is 5.70. The van der Waals surface area contributed by atoms with Crippen LogP contribution in [0.25, 0.3) is 0 Å². The fourth-order valence-electron chi connectivity index (χ4n) is 2.48. The highest BCUT2D eigenvalue weighted by Gasteiger charge is 2.19. The molecule has 28 heavy (non-hydrogen) atoms. The molecule has 2 aromatic rings. The minimum Gasteiger partial charge on any atom is -0.490 e. The lowest BCUT2D eigenvalue weighted by Gasteiger charge is -2.16. The predicted molar refractivity (Wildman–Crippen MR) is 106 cm³/mol. The van der Waals surface area contributed by atoms with Gasteiger partial charge in [0.1, 0.15) is 5.75 Å². The summed E-state index contributed by atoms with van der Waals surface area (Å²) in [7, 11) is 0. The number of benzene rings is 2. The van der Waals surface area contributed by atoms with Crippen LogP contribution in [0.1, 0.15) is 38.1 Å². The van der Waals surface area contributed by atoms with Gasteiger partial charge in [-0.15, -0.1) is 0 Å². The Morgan fingerprint density at radius 3 is 1.86 bits per heavy atom. The van der Waals surface area contributed by atoms with Crippen LogP contribution < -0.4 is 24.3 Å². The second kappa shape index (κ2) is 10.2. The maximum Gasteiger partial charge on any atom is 0.343 e. The number of amides is 1. The molecule has 0 aliphatic carbocycles. The van der Waals surface area contributed by atoms with E-state index in [9.17, 15) is 9.59 Å². The zero-order valence-corrected chi connectivity index (χ0v) is 16.5. The Balaban J connectivity index is 2.27. The van der Waals surface area contributed by atoms with Crippen molar-refractivity contribution >= 4 is 17.6 Å². The number of anilines is 1. The van der Waals surface area contributed by atoms with Crippen molar-refractivity contribution in [1.82, 2.24) is 0 Å². The van der Waals surface area contributed by atoms with Crippen LogP contribution in [-0.4, -0.2) is 31.7 Å². The van der Waals surface area contributed by atoms with Crippen molar-refractivity contribution in [2.24, 2.45) is 0 Å². The highest BCUT2D eigenvalue weighted by Crippen LogP contribution is 2.39. The molecule has 0 radical (unpaired) electrons. The monoisotopic (exact) mass is 387 g/mol. The van der Waals surface area contributed by atoms with Crippen LogP contribution in [0.2, 0.25) is 0 Å². The van der Waals surface area contributed by atoms with E-state index in [0.717, 1.165) is 0 Å². The van der Waals surface area contributed by atoms with Gasteiger partial charge in [-0.25, -0.2) is 4.79 Å². The molecule has 0 atom stereocenters. The van der Waals surface area contributed by atoms with E-state index in [0.29, 0.717) is 48.5 Å². The van der Waals surface area contributed by atoms with Crippen LogP contribution in [-0.2, 0) is 4.79 Å². The summed E-state index contributed by atoms with van der Waals surface area (Å²) in [6.07, 6.45) is 0. The van der Waals surface area contributed by atoms with Gasteiger partial charge in [0.2, 0.25) is 11.7 Å². The van der Waals surface area contributed by atoms with Gasteiger partial charge in [0.05, 0.1) is 25.4 Å². The van der Waals surface area contributed by atoms with Crippen LogP contribution in [0.3, 0.4) is 0 Å². The third-order valence-electron chi connectivity index (χ3n) is 3.53. The summed E-state index contributed by atoms with van der Waals surface area (Å²) in [6.45, 7) is 8.23. The summed E-state index contributed by atoms with van der Waals surface area (Å²) >= 11 is 0. The third-order valence-corrected chi connectivity index (χ3v) is 3.53. The molecule has 1 amide bonds. The predicted octanol–water partition coefficient (Wildman–Crippen LogP) is 4.06. The molecule has 0 fully saturated rings. The molecule has 0 saturated heterocycles. The summed E-state index contributed by atoms with van der Waals surface area (Å²) in [5.41, 5.74) is 0.895. The Morgan fingerprint density at radius 1 is 0.857 bits per heavy atom. The van der Waals surface area contributed by atoms with E-state index in [2.05, 4.69) is 5.32 Å². The van der Waals surface area contributed by atoms with E-state index >= 15 is 0 Å². The van der Waals surface area contributed by atoms with Crippen molar-refractivity contribution in [3.8, 4) is 23.0 Å². The normalized spacial score (nSPS) is 10.1. The van der Waals surface area contributed by atoms with Gasteiger partial charge in [-0.2, -0.15) is 0 Å². The zero-order valence-electron chi connectivity index (χ0n) is 16.5. The lowest BCUT2D eigenvalue weighted by atomic mass is 10.1. The van der Waals surface area contributed by atoms with E-state index in [-0.39, 0.29) is 11.5 Å². The lowest BCUT2D eigenvalue weighted by Crippen LogP contribution is -2.11. The van der Waals surface area contributed by atoms with Crippen molar-refractivity contribution in [3.05, 3.63) is 42.0 Å². The highest BCUT2D eigenvalue weighted by atomic mass is 16.5. The van der Waals surface area contributed by atoms with Crippen molar-refractivity contribution in [2.75, 3.05) is 25.1 Å². The van der Waals surface area contributed by atoms with Gasteiger partial charge >= 0.3 is 5.97 Å². The smallest absolute Gasteiger partial charge is 0.343 e. The van der Waals surface area contributed by atoms with Crippen molar-refractivity contribution in [1.29, 1.82) is 0 Å². The average Bonchev–Trinajstić information content (AvgIpc) is 2.65. The highest BCUT2D eigenvalue weighted by molar-refractivity contribution is 5.93. The van der Waals surface area contributed by atoms with E-state index < -0.39 is 5.97 Å². The molecule has 7 nitrogen and oxygen atoms in total. The number of hydrogen-bond donors (Lipinski definition) is 1. The summed E-state index contributed by atoms with van der Waals surface area (Å²) in [4.78, 5) is 23.7. The molecule has 2 rings (SSSR count). The Bertz CT molecular complexity index is 789. The first-order valence-electron chi connectivity index (χ1n) is 9.14. The van der Waals surface area contributed by atoms with E-state index in [4.69, 9.17) is 18.9 Å². The van der Waals surface area contributed by atoms with E-state index in [1.54, 1.807) is 36.4 Å². The molecular weight excluding hydrogens is 362 g/mol. The first-order chi connectivity index (χ1) is 13.5. The van der Waals surface area contributed by atoms with Crippen LogP contribution in [0, 0.1) is 0 Å². The van der Waals surface area contributed by atoms with Crippen LogP contribution in [0.4, 0.5) is 5.69 Å². The maximum atomic E-state index is 12.6. The number of ether oxygens (including phenoxy) is 4. The molecule has 0 spiro atoms. The van der Waals surface area contributed by atoms with Gasteiger partial charge in [0.15, 0.2) is 11.5 Å². The molecule has 0 heterocycles. The Morgan fingerprint density at radius 2 is 1.39 bits per heavy atom. The Kier molecular flexibility index (Phi) is 7.68. The first kappa shape index (κ1) is 21.1. The molecule has 0 unspecified atom stereocenters. The fourth-order valence-corrected chi connectivity index (χ4v) is 2.48. The van der Waals surface area contributed by atoms with Gasteiger partial charge in [-0.1, -0.05) is 0 Å². The fraction of sp³-hybridized carbons (Fsp3) is 0.333.